The summed E-state index contributed by atoms with van der Waals surface area (Å²) in [6.45, 7) is 8.82. The van der Waals surface area contributed by atoms with Crippen LogP contribution in [0.4, 0.5) is 13.2 Å². The van der Waals surface area contributed by atoms with Crippen LogP contribution in [-0.4, -0.2) is 45.8 Å². The molecule has 1 amide bonds. The van der Waals surface area contributed by atoms with Crippen LogP contribution in [0, 0.1) is 0 Å². The number of carbonyl (C=O) groups excluding carboxylic acids is 1. The van der Waals surface area contributed by atoms with E-state index in [0.717, 1.165) is 36.7 Å². The third-order valence-corrected chi connectivity index (χ3v) is 6.07. The molecule has 0 unspecified atom stereocenters. The van der Waals surface area contributed by atoms with Crippen molar-refractivity contribution in [2.45, 2.75) is 77.3 Å². The van der Waals surface area contributed by atoms with E-state index in [1.165, 1.54) is 0 Å². The van der Waals surface area contributed by atoms with Crippen molar-refractivity contribution in [1.29, 1.82) is 0 Å². The largest absolute Gasteiger partial charge is 0.490 e. The number of aliphatic hydroxyl groups is 1. The van der Waals surface area contributed by atoms with E-state index in [1.807, 2.05) is 37.2 Å². The number of amides is 1. The highest BCUT2D eigenvalue weighted by Crippen LogP contribution is 2.33. The lowest BCUT2D eigenvalue weighted by Gasteiger charge is -2.21. The van der Waals surface area contributed by atoms with Gasteiger partial charge in [-0.25, -0.2) is 0 Å². The molecular formula is C25H34F3N3O4. The number of alkyl halides is 3. The highest BCUT2D eigenvalue weighted by atomic mass is 19.4. The summed E-state index contributed by atoms with van der Waals surface area (Å²) < 4.78 is 55.2. The Morgan fingerprint density at radius 1 is 1.29 bits per heavy atom. The Hall–Kier alpha value is -2.59. The number of aromatic nitrogens is 2. The summed E-state index contributed by atoms with van der Waals surface area (Å²) in [6, 6.07) is 4.47. The molecule has 2 heterocycles. The van der Waals surface area contributed by atoms with E-state index in [2.05, 4.69) is 4.99 Å². The second-order valence-electron chi connectivity index (χ2n) is 9.88. The first kappa shape index (κ1) is 27.0. The fraction of sp³-hybridized carbons (Fsp3) is 0.600. The van der Waals surface area contributed by atoms with Crippen LogP contribution in [-0.2, 0) is 29.9 Å². The molecule has 0 radical (unpaired) electrons. The van der Waals surface area contributed by atoms with Gasteiger partial charge in [-0.2, -0.15) is 18.2 Å². The van der Waals surface area contributed by atoms with Gasteiger partial charge in [-0.3, -0.25) is 14.2 Å². The molecule has 0 saturated carbocycles. The Kier molecular flexibility index (Phi) is 8.16. The third-order valence-electron chi connectivity index (χ3n) is 6.07. The minimum Gasteiger partial charge on any atom is -0.490 e. The molecule has 0 spiro atoms. The second-order valence-corrected chi connectivity index (χ2v) is 9.88. The number of ether oxygens (including phenoxy) is 2. The van der Waals surface area contributed by atoms with Gasteiger partial charge in [-0.15, -0.1) is 0 Å². The summed E-state index contributed by atoms with van der Waals surface area (Å²) in [5.74, 6) is -0.916. The standard InChI is InChI=1S/C25H34F3N3O4/c1-6-17(32)15-35-20-10-9-16(25(26,27)28)12-19(20)23(33)29-22-13-21(24(2,3)4)30(5)31(22)14-18-8-7-11-34-18/h9-10,12-13,17-18,32H,6-8,11,14-15H2,1-5H3/t17-,18+/m0/s1. The van der Waals surface area contributed by atoms with Gasteiger partial charge in [0.15, 0.2) is 5.49 Å². The molecule has 1 aromatic heterocycles. The van der Waals surface area contributed by atoms with Crippen LogP contribution in [0.5, 0.6) is 5.75 Å². The maximum absolute atomic E-state index is 13.4. The lowest BCUT2D eigenvalue weighted by molar-refractivity contribution is -0.137. The molecule has 1 aromatic carbocycles. The average Bonchev–Trinajstić information content (AvgIpc) is 3.40. The van der Waals surface area contributed by atoms with Crippen LogP contribution in [0.1, 0.15) is 68.6 Å². The van der Waals surface area contributed by atoms with E-state index in [-0.39, 0.29) is 29.4 Å². The number of benzene rings is 1. The van der Waals surface area contributed by atoms with Gasteiger partial charge in [0.25, 0.3) is 5.91 Å². The zero-order valence-corrected chi connectivity index (χ0v) is 20.9. The topological polar surface area (TPSA) is 78.0 Å². The normalized spacial score (nSPS) is 18.2. The average molecular weight is 498 g/mol. The molecule has 1 saturated heterocycles. The van der Waals surface area contributed by atoms with Gasteiger partial charge in [0, 0.05) is 30.8 Å². The van der Waals surface area contributed by atoms with Crippen molar-refractivity contribution in [1.82, 2.24) is 9.36 Å². The molecule has 2 atom stereocenters. The molecule has 1 N–H and O–H groups in total. The first-order valence-corrected chi connectivity index (χ1v) is 11.8. The molecule has 10 heteroatoms. The van der Waals surface area contributed by atoms with Crippen molar-refractivity contribution in [2.75, 3.05) is 13.2 Å². The lowest BCUT2D eigenvalue weighted by Crippen LogP contribution is -2.30. The summed E-state index contributed by atoms with van der Waals surface area (Å²) in [5, 5.41) is 9.82. The first-order valence-electron chi connectivity index (χ1n) is 11.8. The predicted molar refractivity (Wildman–Crippen MR) is 124 cm³/mol. The van der Waals surface area contributed by atoms with Gasteiger partial charge < -0.3 is 14.6 Å². The van der Waals surface area contributed by atoms with Gasteiger partial charge in [0.05, 0.1) is 29.9 Å². The Labute approximate surface area is 203 Å². The molecule has 0 bridgehead atoms. The van der Waals surface area contributed by atoms with Gasteiger partial charge in [0.1, 0.15) is 12.4 Å². The molecular weight excluding hydrogens is 463 g/mol. The van der Waals surface area contributed by atoms with Crippen LogP contribution in [0.2, 0.25) is 0 Å². The monoisotopic (exact) mass is 497 g/mol. The van der Waals surface area contributed by atoms with Crippen molar-refractivity contribution in [3.05, 3.63) is 46.6 Å². The van der Waals surface area contributed by atoms with Crippen LogP contribution in [0.25, 0.3) is 0 Å². The molecule has 1 fully saturated rings. The lowest BCUT2D eigenvalue weighted by atomic mass is 9.92. The molecule has 7 nitrogen and oxygen atoms in total. The Morgan fingerprint density at radius 3 is 2.57 bits per heavy atom. The van der Waals surface area contributed by atoms with Gasteiger partial charge in [0.2, 0.25) is 0 Å². The van der Waals surface area contributed by atoms with Gasteiger partial charge in [-0.1, -0.05) is 27.7 Å². The predicted octanol–water partition coefficient (Wildman–Crippen LogP) is 4.21. The number of aliphatic hydroxyl groups excluding tert-OH is 1. The highest BCUT2D eigenvalue weighted by Gasteiger charge is 2.32. The zero-order chi connectivity index (χ0) is 26.0. The van der Waals surface area contributed by atoms with E-state index in [4.69, 9.17) is 9.47 Å². The molecule has 2 aromatic rings. The van der Waals surface area contributed by atoms with Crippen molar-refractivity contribution < 1.29 is 32.5 Å². The fourth-order valence-corrected chi connectivity index (χ4v) is 4.03. The van der Waals surface area contributed by atoms with Crippen LogP contribution in [0.15, 0.2) is 29.3 Å². The van der Waals surface area contributed by atoms with E-state index < -0.39 is 23.8 Å². The number of hydrogen-bond donors (Lipinski definition) is 1. The summed E-state index contributed by atoms with van der Waals surface area (Å²) in [5.41, 5.74) is -0.309. The fourth-order valence-electron chi connectivity index (χ4n) is 4.03. The third kappa shape index (κ3) is 6.55. The number of rotatable bonds is 7. The van der Waals surface area contributed by atoms with Crippen LogP contribution < -0.4 is 10.2 Å². The van der Waals surface area contributed by atoms with E-state index in [0.29, 0.717) is 25.1 Å². The number of halogens is 3. The Morgan fingerprint density at radius 2 is 2.00 bits per heavy atom. The molecule has 1 aliphatic heterocycles. The summed E-state index contributed by atoms with van der Waals surface area (Å²) in [4.78, 5) is 17.5. The first-order chi connectivity index (χ1) is 16.3. The molecule has 0 aliphatic carbocycles. The molecule has 35 heavy (non-hydrogen) atoms. The van der Waals surface area contributed by atoms with Crippen molar-refractivity contribution in [3.63, 3.8) is 0 Å². The molecule has 194 valence electrons. The second kappa shape index (κ2) is 10.6. The van der Waals surface area contributed by atoms with Crippen molar-refractivity contribution in [3.8, 4) is 5.75 Å². The maximum atomic E-state index is 13.4. The Bertz CT molecular complexity index is 1110. The summed E-state index contributed by atoms with van der Waals surface area (Å²) in [7, 11) is 1.87. The van der Waals surface area contributed by atoms with E-state index >= 15 is 0 Å². The quantitative estimate of drug-likeness (QED) is 0.622. The summed E-state index contributed by atoms with van der Waals surface area (Å²) in [6.07, 6.45) is -3.26. The number of hydrogen-bond acceptors (Lipinski definition) is 4. The van der Waals surface area contributed by atoms with E-state index in [1.54, 1.807) is 13.0 Å². The minimum absolute atomic E-state index is 0.0338. The Balaban J connectivity index is 2.09. The van der Waals surface area contributed by atoms with Crippen LogP contribution in [0.3, 0.4) is 0 Å². The minimum atomic E-state index is -4.64. The highest BCUT2D eigenvalue weighted by molar-refractivity contribution is 5.97. The SMILES string of the molecule is CC[C@H](O)COc1ccc(C(F)(F)F)cc1C(=O)N=c1cc(C(C)(C)C)n(C)n1C[C@H]1CCCO1. The molecule has 1 aliphatic rings. The van der Waals surface area contributed by atoms with Crippen LogP contribution >= 0.6 is 0 Å². The summed E-state index contributed by atoms with van der Waals surface area (Å²) >= 11 is 0. The maximum Gasteiger partial charge on any atom is 0.416 e. The van der Waals surface area contributed by atoms with Gasteiger partial charge >= 0.3 is 6.18 Å². The zero-order valence-electron chi connectivity index (χ0n) is 20.9. The number of carbonyl (C=O) groups is 1. The van der Waals surface area contributed by atoms with Crippen molar-refractivity contribution in [2.24, 2.45) is 12.0 Å². The molecule has 3 rings (SSSR count). The van der Waals surface area contributed by atoms with Gasteiger partial charge in [-0.05, 0) is 37.5 Å². The smallest absolute Gasteiger partial charge is 0.416 e. The van der Waals surface area contributed by atoms with E-state index in [9.17, 15) is 23.1 Å². The number of nitrogens with zero attached hydrogens (tertiary/aromatic N) is 3. The van der Waals surface area contributed by atoms with Crippen molar-refractivity contribution >= 4 is 5.91 Å².